The van der Waals surface area contributed by atoms with Crippen LogP contribution in [0.15, 0.2) is 0 Å². The van der Waals surface area contributed by atoms with E-state index in [0.29, 0.717) is 17.5 Å². The van der Waals surface area contributed by atoms with E-state index in [1.54, 1.807) is 7.11 Å². The average molecular weight is 242 g/mol. The molecule has 3 heteroatoms. The lowest BCUT2D eigenvalue weighted by molar-refractivity contribution is 0.0308. The molecule has 1 aliphatic heterocycles. The highest BCUT2D eigenvalue weighted by Crippen LogP contribution is 2.25. The van der Waals surface area contributed by atoms with Gasteiger partial charge in [0, 0.05) is 38.3 Å². The SMILES string of the molecule is CCC1(CC)CN(CCOC)C(C(C)C)CN1. The third kappa shape index (κ3) is 3.67. The van der Waals surface area contributed by atoms with Crippen molar-refractivity contribution in [3.8, 4) is 0 Å². The van der Waals surface area contributed by atoms with Crippen molar-refractivity contribution in [2.75, 3.05) is 33.4 Å². The van der Waals surface area contributed by atoms with E-state index in [4.69, 9.17) is 4.74 Å². The fraction of sp³-hybridized carbons (Fsp3) is 1.00. The first kappa shape index (κ1) is 14.9. The highest BCUT2D eigenvalue weighted by Gasteiger charge is 2.37. The molecule has 0 radical (unpaired) electrons. The zero-order valence-corrected chi connectivity index (χ0v) is 12.3. The molecule has 1 fully saturated rings. The largest absolute Gasteiger partial charge is 0.383 e. The Hall–Kier alpha value is -0.120. The molecule has 3 nitrogen and oxygen atoms in total. The molecule has 1 saturated heterocycles. The van der Waals surface area contributed by atoms with Gasteiger partial charge in [-0.2, -0.15) is 0 Å². The van der Waals surface area contributed by atoms with Crippen LogP contribution in [-0.4, -0.2) is 49.8 Å². The van der Waals surface area contributed by atoms with Crippen LogP contribution in [0.5, 0.6) is 0 Å². The molecular formula is C14H30N2O. The Morgan fingerprint density at radius 2 is 2.00 bits per heavy atom. The minimum absolute atomic E-state index is 0.319. The Labute approximate surface area is 107 Å². The Bertz CT molecular complexity index is 214. The number of nitrogens with one attached hydrogen (secondary N) is 1. The van der Waals surface area contributed by atoms with Crippen LogP contribution >= 0.6 is 0 Å². The van der Waals surface area contributed by atoms with Crippen LogP contribution in [0.1, 0.15) is 40.5 Å². The molecule has 1 unspecified atom stereocenters. The fourth-order valence-corrected chi connectivity index (χ4v) is 2.85. The first-order valence-corrected chi connectivity index (χ1v) is 7.06. The maximum absolute atomic E-state index is 5.25. The van der Waals surface area contributed by atoms with Crippen LogP contribution in [0.3, 0.4) is 0 Å². The summed E-state index contributed by atoms with van der Waals surface area (Å²) in [6.07, 6.45) is 2.41. The molecule has 0 bridgehead atoms. The summed E-state index contributed by atoms with van der Waals surface area (Å²) in [7, 11) is 1.79. The Morgan fingerprint density at radius 1 is 1.35 bits per heavy atom. The molecule has 0 aromatic carbocycles. The van der Waals surface area contributed by atoms with Crippen LogP contribution in [0.4, 0.5) is 0 Å². The molecule has 1 atom stereocenters. The second kappa shape index (κ2) is 6.72. The Balaban J connectivity index is 2.68. The van der Waals surface area contributed by atoms with E-state index in [1.165, 1.54) is 12.8 Å². The molecular weight excluding hydrogens is 212 g/mol. The van der Waals surface area contributed by atoms with Gasteiger partial charge >= 0.3 is 0 Å². The van der Waals surface area contributed by atoms with E-state index in [9.17, 15) is 0 Å². The average Bonchev–Trinajstić information content (AvgIpc) is 2.35. The predicted octanol–water partition coefficient (Wildman–Crippen LogP) is 2.12. The van der Waals surface area contributed by atoms with Crippen LogP contribution in [-0.2, 0) is 4.74 Å². The van der Waals surface area contributed by atoms with Gasteiger partial charge < -0.3 is 10.1 Å². The zero-order chi connectivity index (χ0) is 12.9. The minimum Gasteiger partial charge on any atom is -0.383 e. The van der Waals surface area contributed by atoms with Crippen molar-refractivity contribution >= 4 is 0 Å². The van der Waals surface area contributed by atoms with Crippen molar-refractivity contribution < 1.29 is 4.74 Å². The normalized spacial score (nSPS) is 25.4. The molecule has 0 amide bonds. The second-order valence-electron chi connectivity index (χ2n) is 5.64. The van der Waals surface area contributed by atoms with Crippen molar-refractivity contribution in [2.24, 2.45) is 5.92 Å². The number of rotatable bonds is 6. The highest BCUT2D eigenvalue weighted by molar-refractivity contribution is 4.97. The van der Waals surface area contributed by atoms with Gasteiger partial charge in [-0.05, 0) is 18.8 Å². The molecule has 1 N–H and O–H groups in total. The van der Waals surface area contributed by atoms with Gasteiger partial charge in [0.1, 0.15) is 0 Å². The number of piperazine rings is 1. The molecule has 1 heterocycles. The maximum Gasteiger partial charge on any atom is 0.0589 e. The van der Waals surface area contributed by atoms with Crippen LogP contribution in [0, 0.1) is 5.92 Å². The Kier molecular flexibility index (Phi) is 5.90. The summed E-state index contributed by atoms with van der Waals surface area (Å²) >= 11 is 0. The number of ether oxygens (including phenoxy) is 1. The topological polar surface area (TPSA) is 24.5 Å². The summed E-state index contributed by atoms with van der Waals surface area (Å²) in [5.74, 6) is 0.700. The van der Waals surface area contributed by atoms with E-state index in [0.717, 1.165) is 26.2 Å². The number of nitrogens with zero attached hydrogens (tertiary/aromatic N) is 1. The van der Waals surface area contributed by atoms with Crippen LogP contribution in [0.25, 0.3) is 0 Å². The van der Waals surface area contributed by atoms with Gasteiger partial charge in [-0.25, -0.2) is 0 Å². The fourth-order valence-electron chi connectivity index (χ4n) is 2.85. The zero-order valence-electron chi connectivity index (χ0n) is 12.3. The van der Waals surface area contributed by atoms with E-state index < -0.39 is 0 Å². The van der Waals surface area contributed by atoms with Crippen molar-refractivity contribution in [1.29, 1.82) is 0 Å². The summed E-state index contributed by atoms with van der Waals surface area (Å²) in [5, 5.41) is 3.79. The smallest absolute Gasteiger partial charge is 0.0589 e. The molecule has 17 heavy (non-hydrogen) atoms. The Morgan fingerprint density at radius 3 is 2.47 bits per heavy atom. The van der Waals surface area contributed by atoms with Gasteiger partial charge in [-0.3, -0.25) is 4.90 Å². The third-order valence-electron chi connectivity index (χ3n) is 4.37. The summed E-state index contributed by atoms with van der Waals surface area (Å²) < 4.78 is 5.25. The van der Waals surface area contributed by atoms with Gasteiger partial charge in [0.05, 0.1) is 6.61 Å². The molecule has 1 aliphatic rings. The van der Waals surface area contributed by atoms with Gasteiger partial charge in [0.25, 0.3) is 0 Å². The number of methoxy groups -OCH3 is 1. The lowest BCUT2D eigenvalue weighted by atomic mass is 9.86. The quantitative estimate of drug-likeness (QED) is 0.772. The summed E-state index contributed by atoms with van der Waals surface area (Å²) in [6, 6.07) is 0.649. The maximum atomic E-state index is 5.25. The minimum atomic E-state index is 0.319. The van der Waals surface area contributed by atoms with E-state index >= 15 is 0 Å². The van der Waals surface area contributed by atoms with E-state index in [1.807, 2.05) is 0 Å². The summed E-state index contributed by atoms with van der Waals surface area (Å²) in [4.78, 5) is 2.62. The number of hydrogen-bond acceptors (Lipinski definition) is 3. The van der Waals surface area contributed by atoms with Gasteiger partial charge in [0.15, 0.2) is 0 Å². The molecule has 0 aromatic rings. The first-order valence-electron chi connectivity index (χ1n) is 7.06. The number of hydrogen-bond donors (Lipinski definition) is 1. The van der Waals surface area contributed by atoms with Crippen molar-refractivity contribution in [1.82, 2.24) is 10.2 Å². The molecule has 0 aliphatic carbocycles. The molecule has 102 valence electrons. The third-order valence-corrected chi connectivity index (χ3v) is 4.37. The predicted molar refractivity (Wildman–Crippen MR) is 73.4 cm³/mol. The van der Waals surface area contributed by atoms with Crippen LogP contribution < -0.4 is 5.32 Å². The molecule has 0 spiro atoms. The van der Waals surface area contributed by atoms with Gasteiger partial charge in [-0.15, -0.1) is 0 Å². The van der Waals surface area contributed by atoms with E-state index in [-0.39, 0.29) is 0 Å². The molecule has 0 aromatic heterocycles. The van der Waals surface area contributed by atoms with Crippen molar-refractivity contribution in [3.05, 3.63) is 0 Å². The summed E-state index contributed by atoms with van der Waals surface area (Å²) in [5.41, 5.74) is 0.319. The monoisotopic (exact) mass is 242 g/mol. The first-order chi connectivity index (χ1) is 8.08. The van der Waals surface area contributed by atoms with Gasteiger partial charge in [0.2, 0.25) is 0 Å². The van der Waals surface area contributed by atoms with Gasteiger partial charge in [-0.1, -0.05) is 27.7 Å². The lowest BCUT2D eigenvalue weighted by Crippen LogP contribution is -2.65. The molecule has 0 saturated carbocycles. The second-order valence-corrected chi connectivity index (χ2v) is 5.64. The van der Waals surface area contributed by atoms with Crippen molar-refractivity contribution in [2.45, 2.75) is 52.1 Å². The standard InChI is InChI=1S/C14H30N2O/c1-6-14(7-2)11-16(8-9-17-5)13(10-15-14)12(3)4/h12-13,15H,6-11H2,1-5H3. The van der Waals surface area contributed by atoms with Crippen molar-refractivity contribution in [3.63, 3.8) is 0 Å². The van der Waals surface area contributed by atoms with Crippen LogP contribution in [0.2, 0.25) is 0 Å². The highest BCUT2D eigenvalue weighted by atomic mass is 16.5. The summed E-state index contributed by atoms with van der Waals surface area (Å²) in [6.45, 7) is 13.4. The molecule has 1 rings (SSSR count). The lowest BCUT2D eigenvalue weighted by Gasteiger charge is -2.49. The van der Waals surface area contributed by atoms with E-state index in [2.05, 4.69) is 37.9 Å².